The highest BCUT2D eigenvalue weighted by Gasteiger charge is 2.18. The summed E-state index contributed by atoms with van der Waals surface area (Å²) in [5, 5.41) is 9.08. The van der Waals surface area contributed by atoms with Gasteiger partial charge in [-0.15, -0.1) is 0 Å². The summed E-state index contributed by atoms with van der Waals surface area (Å²) in [5.41, 5.74) is 0.481. The van der Waals surface area contributed by atoms with Gasteiger partial charge < -0.3 is 9.84 Å². The number of ketones is 1. The molecule has 86 valence electrons. The molecule has 16 heavy (non-hydrogen) atoms. The number of phenols is 1. The average molecular weight is 222 g/mol. The molecular formula is C12H14O4. The highest BCUT2D eigenvalue weighted by atomic mass is 16.5. The molecule has 0 bridgehead atoms. The van der Waals surface area contributed by atoms with Gasteiger partial charge >= 0.3 is 5.97 Å². The molecule has 1 atom stereocenters. The first kappa shape index (κ1) is 12.2. The topological polar surface area (TPSA) is 63.6 Å². The molecule has 0 aliphatic heterocycles. The van der Waals surface area contributed by atoms with Crippen molar-refractivity contribution in [3.8, 4) is 5.75 Å². The highest BCUT2D eigenvalue weighted by Crippen LogP contribution is 2.15. The largest absolute Gasteiger partial charge is 0.508 e. The molecule has 1 rings (SSSR count). The van der Waals surface area contributed by atoms with E-state index in [1.54, 1.807) is 6.92 Å². The first-order chi connectivity index (χ1) is 7.54. The minimum Gasteiger partial charge on any atom is -0.508 e. The van der Waals surface area contributed by atoms with E-state index in [1.165, 1.54) is 31.4 Å². The zero-order valence-corrected chi connectivity index (χ0v) is 9.27. The summed E-state index contributed by atoms with van der Waals surface area (Å²) >= 11 is 0. The van der Waals surface area contributed by atoms with Crippen LogP contribution in [0.4, 0.5) is 0 Å². The van der Waals surface area contributed by atoms with E-state index < -0.39 is 11.9 Å². The van der Waals surface area contributed by atoms with Crippen molar-refractivity contribution in [2.24, 2.45) is 5.92 Å². The maximum atomic E-state index is 11.8. The van der Waals surface area contributed by atoms with E-state index in [9.17, 15) is 9.59 Å². The molecule has 0 saturated carbocycles. The fourth-order valence-corrected chi connectivity index (χ4v) is 1.34. The van der Waals surface area contributed by atoms with Crippen molar-refractivity contribution < 1.29 is 19.4 Å². The van der Waals surface area contributed by atoms with E-state index in [-0.39, 0.29) is 18.0 Å². The van der Waals surface area contributed by atoms with Crippen LogP contribution in [0.5, 0.6) is 5.75 Å². The number of benzene rings is 1. The number of methoxy groups -OCH3 is 1. The van der Waals surface area contributed by atoms with E-state index in [2.05, 4.69) is 4.74 Å². The average Bonchev–Trinajstić information content (AvgIpc) is 2.28. The van der Waals surface area contributed by atoms with Crippen molar-refractivity contribution >= 4 is 11.8 Å². The summed E-state index contributed by atoms with van der Waals surface area (Å²) < 4.78 is 4.49. The summed E-state index contributed by atoms with van der Waals surface area (Å²) in [7, 11) is 1.29. The second-order valence-electron chi connectivity index (χ2n) is 3.59. The second kappa shape index (κ2) is 5.30. The van der Waals surface area contributed by atoms with Gasteiger partial charge in [0.15, 0.2) is 5.78 Å². The molecule has 0 spiro atoms. The summed E-state index contributed by atoms with van der Waals surface area (Å²) in [5.74, 6) is -0.848. The van der Waals surface area contributed by atoms with Gasteiger partial charge in [-0.1, -0.05) is 6.92 Å². The molecule has 0 aliphatic carbocycles. The Bertz CT molecular complexity index is 381. The lowest BCUT2D eigenvalue weighted by atomic mass is 9.96. The second-order valence-corrected chi connectivity index (χ2v) is 3.59. The first-order valence-electron chi connectivity index (χ1n) is 4.94. The van der Waals surface area contributed by atoms with Crippen molar-refractivity contribution in [3.05, 3.63) is 29.8 Å². The molecule has 0 aliphatic rings. The van der Waals surface area contributed by atoms with Gasteiger partial charge in [0.2, 0.25) is 0 Å². The van der Waals surface area contributed by atoms with Gasteiger partial charge in [0.25, 0.3) is 0 Å². The molecule has 0 heterocycles. The Labute approximate surface area is 93.9 Å². The van der Waals surface area contributed by atoms with Crippen molar-refractivity contribution in [1.29, 1.82) is 0 Å². The Morgan fingerprint density at radius 1 is 1.31 bits per heavy atom. The number of Topliss-reactive ketones (excluding diaryl/α,β-unsaturated/α-hetero) is 1. The Hall–Kier alpha value is -1.84. The van der Waals surface area contributed by atoms with Crippen LogP contribution in [-0.2, 0) is 9.53 Å². The number of carbonyl (C=O) groups is 2. The van der Waals surface area contributed by atoms with Crippen LogP contribution in [0.3, 0.4) is 0 Å². The van der Waals surface area contributed by atoms with Crippen molar-refractivity contribution in [1.82, 2.24) is 0 Å². The van der Waals surface area contributed by atoms with Crippen molar-refractivity contribution in [2.45, 2.75) is 13.3 Å². The van der Waals surface area contributed by atoms with E-state index >= 15 is 0 Å². The molecule has 4 nitrogen and oxygen atoms in total. The molecule has 1 aromatic rings. The van der Waals surface area contributed by atoms with E-state index in [0.717, 1.165) is 0 Å². The third-order valence-electron chi connectivity index (χ3n) is 2.30. The van der Waals surface area contributed by atoms with Gasteiger partial charge in [0.05, 0.1) is 13.5 Å². The maximum absolute atomic E-state index is 11.8. The van der Waals surface area contributed by atoms with Crippen LogP contribution < -0.4 is 0 Å². The normalized spacial score (nSPS) is 11.9. The van der Waals surface area contributed by atoms with Gasteiger partial charge in [-0.3, -0.25) is 9.59 Å². The Morgan fingerprint density at radius 3 is 2.38 bits per heavy atom. The molecule has 0 aromatic heterocycles. The quantitative estimate of drug-likeness (QED) is 0.623. The van der Waals surface area contributed by atoms with E-state index in [4.69, 9.17) is 5.11 Å². The number of esters is 1. The van der Waals surface area contributed by atoms with Crippen molar-refractivity contribution in [2.75, 3.05) is 7.11 Å². The van der Waals surface area contributed by atoms with E-state index in [1.807, 2.05) is 0 Å². The summed E-state index contributed by atoms with van der Waals surface area (Å²) in [6.45, 7) is 1.67. The van der Waals surface area contributed by atoms with Crippen LogP contribution in [-0.4, -0.2) is 24.0 Å². The van der Waals surface area contributed by atoms with Crippen LogP contribution in [0.1, 0.15) is 23.7 Å². The summed E-state index contributed by atoms with van der Waals surface area (Å²) in [6.07, 6.45) is 0.0657. The number of phenolic OH excluding ortho intramolecular Hbond substituents is 1. The molecule has 1 unspecified atom stereocenters. The Morgan fingerprint density at radius 2 is 1.88 bits per heavy atom. The SMILES string of the molecule is COC(=O)CC(C)C(=O)c1ccc(O)cc1. The third-order valence-corrected chi connectivity index (χ3v) is 2.30. The van der Waals surface area contributed by atoms with Crippen LogP contribution in [0.25, 0.3) is 0 Å². The van der Waals surface area contributed by atoms with Crippen LogP contribution >= 0.6 is 0 Å². The smallest absolute Gasteiger partial charge is 0.306 e. The molecular weight excluding hydrogens is 208 g/mol. The fourth-order valence-electron chi connectivity index (χ4n) is 1.34. The van der Waals surface area contributed by atoms with Gasteiger partial charge in [-0.2, -0.15) is 0 Å². The standard InChI is InChI=1S/C12H14O4/c1-8(7-11(14)16-2)12(15)9-3-5-10(13)6-4-9/h3-6,8,13H,7H2,1-2H3. The predicted octanol–water partition coefficient (Wildman–Crippen LogP) is 1.77. The Kier molecular flexibility index (Phi) is 4.05. The highest BCUT2D eigenvalue weighted by molar-refractivity contribution is 5.99. The number of rotatable bonds is 4. The fraction of sp³-hybridized carbons (Fsp3) is 0.333. The number of hydrogen-bond acceptors (Lipinski definition) is 4. The van der Waals surface area contributed by atoms with Gasteiger partial charge in [-0.25, -0.2) is 0 Å². The summed E-state index contributed by atoms with van der Waals surface area (Å²) in [6, 6.07) is 5.95. The summed E-state index contributed by atoms with van der Waals surface area (Å²) in [4.78, 5) is 22.8. The number of aromatic hydroxyl groups is 1. The zero-order chi connectivity index (χ0) is 12.1. The monoisotopic (exact) mass is 222 g/mol. The molecule has 4 heteroatoms. The lowest BCUT2D eigenvalue weighted by Crippen LogP contribution is -2.16. The number of carbonyl (C=O) groups excluding carboxylic acids is 2. The van der Waals surface area contributed by atoms with E-state index in [0.29, 0.717) is 5.56 Å². The predicted molar refractivity (Wildman–Crippen MR) is 58.2 cm³/mol. The minimum absolute atomic E-state index is 0.0657. The first-order valence-corrected chi connectivity index (χ1v) is 4.94. The lowest BCUT2D eigenvalue weighted by molar-refractivity contribution is -0.141. The maximum Gasteiger partial charge on any atom is 0.306 e. The molecule has 0 fully saturated rings. The Balaban J connectivity index is 2.70. The molecule has 1 aromatic carbocycles. The zero-order valence-electron chi connectivity index (χ0n) is 9.27. The molecule has 0 saturated heterocycles. The van der Waals surface area contributed by atoms with Gasteiger partial charge in [0.1, 0.15) is 5.75 Å². The van der Waals surface area contributed by atoms with Crippen LogP contribution in [0.15, 0.2) is 24.3 Å². The third kappa shape index (κ3) is 3.08. The number of ether oxygens (including phenoxy) is 1. The van der Waals surface area contributed by atoms with Gasteiger partial charge in [0, 0.05) is 11.5 Å². The molecule has 1 N–H and O–H groups in total. The van der Waals surface area contributed by atoms with Crippen LogP contribution in [0, 0.1) is 5.92 Å². The van der Waals surface area contributed by atoms with Crippen molar-refractivity contribution in [3.63, 3.8) is 0 Å². The number of hydrogen-bond donors (Lipinski definition) is 1. The van der Waals surface area contributed by atoms with Gasteiger partial charge in [-0.05, 0) is 24.3 Å². The molecule has 0 amide bonds. The van der Waals surface area contributed by atoms with Crippen LogP contribution in [0.2, 0.25) is 0 Å². The molecule has 0 radical (unpaired) electrons. The lowest BCUT2D eigenvalue weighted by Gasteiger charge is -2.08. The minimum atomic E-state index is -0.419.